The maximum Gasteiger partial charge on any atom is 0.321 e. The Hall–Kier alpha value is -1.40. The Kier molecular flexibility index (Phi) is 3.41. The summed E-state index contributed by atoms with van der Waals surface area (Å²) in [5.41, 5.74) is 1.79. The van der Waals surface area contributed by atoms with Crippen LogP contribution in [0.2, 0.25) is 0 Å². The van der Waals surface area contributed by atoms with Gasteiger partial charge in [-0.05, 0) is 18.1 Å². The van der Waals surface area contributed by atoms with E-state index >= 15 is 0 Å². The summed E-state index contributed by atoms with van der Waals surface area (Å²) in [7, 11) is -3.33. The molecule has 98 valence electrons. The third kappa shape index (κ3) is 2.70. The molecule has 1 saturated heterocycles. The monoisotopic (exact) mass is 269 g/mol. The molecule has 1 aromatic rings. The normalized spacial score (nSPS) is 26.7. The molecule has 6 heteroatoms. The van der Waals surface area contributed by atoms with E-state index in [-0.39, 0.29) is 11.5 Å². The number of carbonyl (C=O) groups is 1. The number of aryl methyl sites for hydroxylation is 1. The first-order valence-corrected chi connectivity index (χ1v) is 7.46. The van der Waals surface area contributed by atoms with E-state index in [1.165, 1.54) is 0 Å². The highest BCUT2D eigenvalue weighted by Crippen LogP contribution is 2.23. The first kappa shape index (κ1) is 13.0. The van der Waals surface area contributed by atoms with E-state index in [2.05, 4.69) is 5.32 Å². The largest absolute Gasteiger partial charge is 0.480 e. The molecule has 18 heavy (non-hydrogen) atoms. The minimum Gasteiger partial charge on any atom is -0.480 e. The first-order valence-electron chi connectivity index (χ1n) is 5.64. The number of hydrogen-bond donors (Lipinski definition) is 2. The predicted molar refractivity (Wildman–Crippen MR) is 67.1 cm³/mol. The van der Waals surface area contributed by atoms with Gasteiger partial charge in [-0.1, -0.05) is 24.3 Å². The Morgan fingerprint density at radius 3 is 2.61 bits per heavy atom. The fourth-order valence-corrected chi connectivity index (χ4v) is 3.88. The fourth-order valence-electron chi connectivity index (χ4n) is 2.21. The number of benzene rings is 1. The van der Waals surface area contributed by atoms with Gasteiger partial charge in [0.25, 0.3) is 0 Å². The van der Waals surface area contributed by atoms with Crippen LogP contribution in [0.4, 0.5) is 0 Å². The minimum absolute atomic E-state index is 0.0539. The molecule has 0 spiro atoms. The Bertz CT molecular complexity index is 567. The van der Waals surface area contributed by atoms with Crippen LogP contribution in [0, 0.1) is 6.92 Å². The van der Waals surface area contributed by atoms with Crippen LogP contribution in [0.3, 0.4) is 0 Å². The summed E-state index contributed by atoms with van der Waals surface area (Å²) in [5, 5.41) is 11.9. The topological polar surface area (TPSA) is 83.5 Å². The van der Waals surface area contributed by atoms with Crippen molar-refractivity contribution in [3.8, 4) is 0 Å². The molecule has 1 fully saturated rings. The molecule has 0 saturated carbocycles. The van der Waals surface area contributed by atoms with Crippen molar-refractivity contribution in [2.24, 2.45) is 0 Å². The van der Waals surface area contributed by atoms with Gasteiger partial charge in [0.2, 0.25) is 0 Å². The van der Waals surface area contributed by atoms with E-state index in [0.29, 0.717) is 0 Å². The van der Waals surface area contributed by atoms with Crippen molar-refractivity contribution in [3.05, 3.63) is 35.4 Å². The van der Waals surface area contributed by atoms with Gasteiger partial charge in [-0.25, -0.2) is 8.42 Å². The van der Waals surface area contributed by atoms with Crippen molar-refractivity contribution in [1.29, 1.82) is 0 Å². The van der Waals surface area contributed by atoms with Gasteiger partial charge < -0.3 is 5.11 Å². The smallest absolute Gasteiger partial charge is 0.321 e. The van der Waals surface area contributed by atoms with Crippen molar-refractivity contribution in [2.45, 2.75) is 19.0 Å². The van der Waals surface area contributed by atoms with Crippen LogP contribution in [0.1, 0.15) is 17.2 Å². The van der Waals surface area contributed by atoms with Crippen molar-refractivity contribution in [2.75, 3.05) is 11.5 Å². The van der Waals surface area contributed by atoms with Crippen molar-refractivity contribution < 1.29 is 18.3 Å². The van der Waals surface area contributed by atoms with Crippen LogP contribution in [0.15, 0.2) is 24.3 Å². The maximum atomic E-state index is 11.8. The molecule has 1 aliphatic rings. The standard InChI is InChI=1S/C12H15NO4S/c1-8-4-2-3-5-9(8)10-6-18(16,17)7-11(13-10)12(14)15/h2-5,10-11,13H,6-7H2,1H3,(H,14,15). The van der Waals surface area contributed by atoms with Gasteiger partial charge in [0.15, 0.2) is 9.84 Å². The highest BCUT2D eigenvalue weighted by Gasteiger charge is 2.36. The van der Waals surface area contributed by atoms with Crippen LogP contribution in [0.5, 0.6) is 0 Å². The molecule has 1 heterocycles. The van der Waals surface area contributed by atoms with Crippen molar-refractivity contribution in [1.82, 2.24) is 5.32 Å². The first-order chi connectivity index (χ1) is 8.39. The lowest BCUT2D eigenvalue weighted by Crippen LogP contribution is -2.51. The second kappa shape index (κ2) is 4.70. The molecule has 2 rings (SSSR count). The van der Waals surface area contributed by atoms with Crippen molar-refractivity contribution in [3.63, 3.8) is 0 Å². The molecule has 0 aliphatic carbocycles. The lowest BCUT2D eigenvalue weighted by molar-refractivity contribution is -0.139. The summed E-state index contributed by atoms with van der Waals surface area (Å²) in [4.78, 5) is 11.0. The highest BCUT2D eigenvalue weighted by atomic mass is 32.2. The maximum absolute atomic E-state index is 11.8. The number of rotatable bonds is 2. The molecule has 5 nitrogen and oxygen atoms in total. The molecule has 2 atom stereocenters. The average Bonchev–Trinajstić information content (AvgIpc) is 2.27. The Morgan fingerprint density at radius 1 is 1.33 bits per heavy atom. The summed E-state index contributed by atoms with van der Waals surface area (Å²) in [6.07, 6.45) is 0. The minimum atomic E-state index is -3.33. The van der Waals surface area contributed by atoms with E-state index in [0.717, 1.165) is 11.1 Å². The third-order valence-electron chi connectivity index (χ3n) is 3.11. The quantitative estimate of drug-likeness (QED) is 0.817. The molecular weight excluding hydrogens is 254 g/mol. The lowest BCUT2D eigenvalue weighted by atomic mass is 10.0. The highest BCUT2D eigenvalue weighted by molar-refractivity contribution is 7.91. The number of carboxylic acids is 1. The van der Waals surface area contributed by atoms with E-state index < -0.39 is 27.9 Å². The third-order valence-corrected chi connectivity index (χ3v) is 4.79. The van der Waals surface area contributed by atoms with Gasteiger partial charge >= 0.3 is 5.97 Å². The van der Waals surface area contributed by atoms with Gasteiger partial charge in [-0.3, -0.25) is 10.1 Å². The Morgan fingerprint density at radius 2 is 2.00 bits per heavy atom. The van der Waals surface area contributed by atoms with Crippen LogP contribution in [-0.4, -0.2) is 37.0 Å². The molecule has 1 aliphatic heterocycles. The summed E-state index contributed by atoms with van der Waals surface area (Å²) < 4.78 is 23.5. The molecular formula is C12H15NO4S. The average molecular weight is 269 g/mol. The number of sulfone groups is 1. The van der Waals surface area contributed by atoms with Crippen molar-refractivity contribution >= 4 is 15.8 Å². The van der Waals surface area contributed by atoms with Crippen LogP contribution in [0.25, 0.3) is 0 Å². The molecule has 0 radical (unpaired) electrons. The molecule has 0 bridgehead atoms. The Labute approximate surface area is 106 Å². The van der Waals surface area contributed by atoms with Gasteiger partial charge in [0.1, 0.15) is 6.04 Å². The summed E-state index contributed by atoms with van der Waals surface area (Å²) >= 11 is 0. The van der Waals surface area contributed by atoms with Crippen LogP contribution < -0.4 is 5.32 Å². The predicted octanol–water partition coefficient (Wildman–Crippen LogP) is 0.507. The molecule has 2 unspecified atom stereocenters. The molecule has 0 amide bonds. The van der Waals surface area contributed by atoms with E-state index in [9.17, 15) is 13.2 Å². The van der Waals surface area contributed by atoms with Gasteiger partial charge in [-0.2, -0.15) is 0 Å². The molecule has 0 aromatic heterocycles. The zero-order valence-corrected chi connectivity index (χ0v) is 10.8. The second-order valence-electron chi connectivity index (χ2n) is 4.54. The summed E-state index contributed by atoms with van der Waals surface area (Å²) in [6.45, 7) is 1.88. The number of aliphatic carboxylic acids is 1. The van der Waals surface area contributed by atoms with E-state index in [1.54, 1.807) is 0 Å². The molecule has 2 N–H and O–H groups in total. The summed E-state index contributed by atoms with van der Waals surface area (Å²) in [5.74, 6) is -1.52. The van der Waals surface area contributed by atoms with E-state index in [1.807, 2.05) is 31.2 Å². The van der Waals surface area contributed by atoms with Gasteiger partial charge in [0.05, 0.1) is 11.5 Å². The summed E-state index contributed by atoms with van der Waals surface area (Å²) in [6, 6.07) is 5.91. The fraction of sp³-hybridized carbons (Fsp3) is 0.417. The van der Waals surface area contributed by atoms with Gasteiger partial charge in [-0.15, -0.1) is 0 Å². The lowest BCUT2D eigenvalue weighted by Gasteiger charge is -2.29. The number of hydrogen-bond acceptors (Lipinski definition) is 4. The SMILES string of the molecule is Cc1ccccc1C1CS(=O)(=O)CC(C(=O)O)N1. The zero-order chi connectivity index (χ0) is 13.3. The van der Waals surface area contributed by atoms with Crippen LogP contribution in [-0.2, 0) is 14.6 Å². The molecule has 1 aromatic carbocycles. The zero-order valence-electron chi connectivity index (χ0n) is 9.96. The Balaban J connectivity index is 2.34. The van der Waals surface area contributed by atoms with E-state index in [4.69, 9.17) is 5.11 Å². The van der Waals surface area contributed by atoms with Crippen LogP contribution >= 0.6 is 0 Å². The second-order valence-corrected chi connectivity index (χ2v) is 6.70. The number of carboxylic acid groups (broad SMARTS) is 1. The van der Waals surface area contributed by atoms with Gasteiger partial charge in [0, 0.05) is 6.04 Å². The number of nitrogens with one attached hydrogen (secondary N) is 1.